The molecule has 0 aromatic heterocycles. The molecule has 29 heavy (non-hydrogen) atoms. The van der Waals surface area contributed by atoms with Crippen LogP contribution in [0.1, 0.15) is 10.4 Å². The Morgan fingerprint density at radius 3 is 2.21 bits per heavy atom. The largest absolute Gasteiger partial charge is 0.314 e. The van der Waals surface area contributed by atoms with Crippen molar-refractivity contribution in [3.63, 3.8) is 0 Å². The van der Waals surface area contributed by atoms with Crippen molar-refractivity contribution in [2.45, 2.75) is 4.90 Å². The summed E-state index contributed by atoms with van der Waals surface area (Å²) >= 11 is 18.0. The van der Waals surface area contributed by atoms with E-state index < -0.39 is 15.6 Å². The summed E-state index contributed by atoms with van der Waals surface area (Å²) in [5.41, 5.74) is 1.21. The average Bonchev–Trinajstić information content (AvgIpc) is 2.70. The number of benzene rings is 3. The molecule has 8 heteroatoms. The van der Waals surface area contributed by atoms with Crippen LogP contribution in [0.5, 0.6) is 0 Å². The molecule has 0 unspecified atom stereocenters. The minimum atomic E-state index is -4.02. The summed E-state index contributed by atoms with van der Waals surface area (Å²) in [6.45, 7) is 0. The highest BCUT2D eigenvalue weighted by Gasteiger charge is 2.36. The van der Waals surface area contributed by atoms with Crippen molar-refractivity contribution in [1.82, 2.24) is 0 Å². The van der Waals surface area contributed by atoms with Crippen LogP contribution in [0.4, 0.5) is 11.4 Å². The van der Waals surface area contributed by atoms with Crippen molar-refractivity contribution in [3.8, 4) is 0 Å². The molecule has 0 aliphatic carbocycles. The Hall–Kier alpha value is -2.31. The molecule has 4 nitrogen and oxygen atoms in total. The molecule has 0 bridgehead atoms. The van der Waals surface area contributed by atoms with Crippen LogP contribution < -0.4 is 4.90 Å². The maximum Gasteiger partial charge on any atom is 0.214 e. The zero-order chi connectivity index (χ0) is 20.8. The number of para-hydroxylation sites is 1. The molecule has 0 fully saturated rings. The van der Waals surface area contributed by atoms with E-state index in [2.05, 4.69) is 0 Å². The van der Waals surface area contributed by atoms with Crippen LogP contribution in [-0.4, -0.2) is 14.2 Å². The molecule has 3 aromatic rings. The number of allylic oxidation sites excluding steroid dienone is 1. The fraction of sp³-hybridized carbons (Fsp3) is 0. The van der Waals surface area contributed by atoms with Gasteiger partial charge in [0.15, 0.2) is 0 Å². The number of anilines is 2. The van der Waals surface area contributed by atoms with Gasteiger partial charge in [0.1, 0.15) is 4.91 Å². The van der Waals surface area contributed by atoms with E-state index in [-0.39, 0.29) is 15.4 Å². The van der Waals surface area contributed by atoms with E-state index in [9.17, 15) is 13.2 Å². The number of sulfone groups is 1. The van der Waals surface area contributed by atoms with Gasteiger partial charge in [-0.1, -0.05) is 46.9 Å². The summed E-state index contributed by atoms with van der Waals surface area (Å²) < 4.78 is 26.4. The predicted octanol–water partition coefficient (Wildman–Crippen LogP) is 6.30. The lowest BCUT2D eigenvalue weighted by atomic mass is 10.1. The van der Waals surface area contributed by atoms with Gasteiger partial charge < -0.3 is 4.90 Å². The Bertz CT molecular complexity index is 1270. The molecule has 1 heterocycles. The molecule has 0 saturated heterocycles. The molecular weight excluding hydrogens is 453 g/mol. The smallest absolute Gasteiger partial charge is 0.214 e. The SMILES string of the molecule is O=C(C1=CN(c2ccc(Cl)c(Cl)c2)c2ccccc2S1(=O)=O)c1ccc(Cl)cc1. The van der Waals surface area contributed by atoms with Crippen molar-refractivity contribution in [2.75, 3.05) is 4.90 Å². The van der Waals surface area contributed by atoms with Gasteiger partial charge in [0.05, 0.1) is 20.6 Å². The van der Waals surface area contributed by atoms with Crippen LogP contribution in [0, 0.1) is 0 Å². The maximum absolute atomic E-state index is 13.2. The quantitative estimate of drug-likeness (QED) is 0.427. The standard InChI is InChI=1S/C21H12Cl3NO3S/c22-14-7-5-13(6-8-14)21(26)20-12-25(15-9-10-16(23)17(24)11-15)18-3-1-2-4-19(18)29(20,27)28/h1-12H. The van der Waals surface area contributed by atoms with E-state index in [4.69, 9.17) is 34.8 Å². The minimum Gasteiger partial charge on any atom is -0.314 e. The number of hydrogen-bond donors (Lipinski definition) is 0. The van der Waals surface area contributed by atoms with Crippen LogP contribution >= 0.6 is 34.8 Å². The Balaban J connectivity index is 1.92. The Labute approximate surface area is 182 Å². The molecule has 0 atom stereocenters. The normalized spacial score (nSPS) is 14.9. The summed E-state index contributed by atoms with van der Waals surface area (Å²) in [7, 11) is -4.02. The number of fused-ring (bicyclic) bond motifs is 1. The van der Waals surface area contributed by atoms with Crippen molar-refractivity contribution in [2.24, 2.45) is 0 Å². The van der Waals surface area contributed by atoms with Gasteiger partial charge in [0.2, 0.25) is 15.6 Å². The van der Waals surface area contributed by atoms with Gasteiger partial charge in [-0.2, -0.15) is 0 Å². The van der Waals surface area contributed by atoms with Crippen molar-refractivity contribution >= 4 is 61.8 Å². The van der Waals surface area contributed by atoms with Crippen molar-refractivity contribution < 1.29 is 13.2 Å². The number of carbonyl (C=O) groups is 1. The highest BCUT2D eigenvalue weighted by molar-refractivity contribution is 7.96. The fourth-order valence-electron chi connectivity index (χ4n) is 3.03. The number of ketones is 1. The first-order chi connectivity index (χ1) is 13.8. The first-order valence-electron chi connectivity index (χ1n) is 8.39. The zero-order valence-corrected chi connectivity index (χ0v) is 17.7. The molecule has 0 amide bonds. The van der Waals surface area contributed by atoms with Gasteiger partial charge in [-0.05, 0) is 54.6 Å². The number of Topliss-reactive ketones (excluding diaryl/α,β-unsaturated/α-hetero) is 1. The van der Waals surface area contributed by atoms with Gasteiger partial charge in [-0.3, -0.25) is 4.79 Å². The fourth-order valence-corrected chi connectivity index (χ4v) is 4.99. The summed E-state index contributed by atoms with van der Waals surface area (Å²) in [6.07, 6.45) is 1.31. The Kier molecular flexibility index (Phi) is 5.17. The lowest BCUT2D eigenvalue weighted by molar-refractivity contribution is 0.104. The summed E-state index contributed by atoms with van der Waals surface area (Å²) in [4.78, 5) is 14.4. The third-order valence-corrected chi connectivity index (χ3v) is 7.25. The lowest BCUT2D eigenvalue weighted by Crippen LogP contribution is -2.25. The van der Waals surface area contributed by atoms with Crippen LogP contribution in [-0.2, 0) is 9.84 Å². The predicted molar refractivity (Wildman–Crippen MR) is 116 cm³/mol. The number of rotatable bonds is 3. The van der Waals surface area contributed by atoms with Crippen molar-refractivity contribution in [3.05, 3.63) is 98.5 Å². The number of nitrogens with zero attached hydrogens (tertiary/aromatic N) is 1. The minimum absolute atomic E-state index is 0.0332. The second kappa shape index (κ2) is 7.50. The monoisotopic (exact) mass is 463 g/mol. The molecule has 0 spiro atoms. The first-order valence-corrected chi connectivity index (χ1v) is 11.0. The van der Waals surface area contributed by atoms with Crippen LogP contribution in [0.3, 0.4) is 0 Å². The van der Waals surface area contributed by atoms with Crippen LogP contribution in [0.2, 0.25) is 15.1 Å². The second-order valence-electron chi connectivity index (χ2n) is 6.27. The molecule has 146 valence electrons. The maximum atomic E-state index is 13.2. The van der Waals surface area contributed by atoms with Crippen LogP contribution in [0.15, 0.2) is 82.7 Å². The van der Waals surface area contributed by atoms with Gasteiger partial charge in [-0.25, -0.2) is 8.42 Å². The third kappa shape index (κ3) is 3.55. The highest BCUT2D eigenvalue weighted by Crippen LogP contribution is 2.41. The number of hydrogen-bond acceptors (Lipinski definition) is 4. The van der Waals surface area contributed by atoms with E-state index in [0.29, 0.717) is 26.4 Å². The number of carbonyl (C=O) groups excluding carboxylic acids is 1. The molecular formula is C21H12Cl3NO3S. The summed E-state index contributed by atoms with van der Waals surface area (Å²) in [5, 5.41) is 1.13. The molecule has 1 aliphatic rings. The van der Waals surface area contributed by atoms with Crippen LogP contribution in [0.25, 0.3) is 0 Å². The average molecular weight is 465 g/mol. The third-order valence-electron chi connectivity index (χ3n) is 4.46. The van der Waals surface area contributed by atoms with Crippen molar-refractivity contribution in [1.29, 1.82) is 0 Å². The molecule has 0 radical (unpaired) electrons. The van der Waals surface area contributed by atoms with E-state index >= 15 is 0 Å². The highest BCUT2D eigenvalue weighted by atomic mass is 35.5. The van der Waals surface area contributed by atoms with Gasteiger partial charge >= 0.3 is 0 Å². The topological polar surface area (TPSA) is 54.5 Å². The summed E-state index contributed by atoms with van der Waals surface area (Å²) in [6, 6.07) is 17.4. The Morgan fingerprint density at radius 1 is 0.828 bits per heavy atom. The van der Waals surface area contributed by atoms with Gasteiger partial charge in [-0.15, -0.1) is 0 Å². The van der Waals surface area contributed by atoms with E-state index in [1.54, 1.807) is 41.3 Å². The molecule has 0 N–H and O–H groups in total. The molecule has 4 rings (SSSR count). The zero-order valence-electron chi connectivity index (χ0n) is 14.6. The van der Waals surface area contributed by atoms with Gasteiger partial charge in [0, 0.05) is 22.5 Å². The van der Waals surface area contributed by atoms with E-state index in [0.717, 1.165) is 0 Å². The molecule has 0 saturated carbocycles. The number of halogens is 3. The first kappa shape index (κ1) is 20.0. The Morgan fingerprint density at radius 2 is 1.52 bits per heavy atom. The molecule has 1 aliphatic heterocycles. The second-order valence-corrected chi connectivity index (χ2v) is 9.41. The summed E-state index contributed by atoms with van der Waals surface area (Å²) in [5.74, 6) is -0.624. The molecule has 3 aromatic carbocycles. The lowest BCUT2D eigenvalue weighted by Gasteiger charge is -2.29. The van der Waals surface area contributed by atoms with Gasteiger partial charge in [0.25, 0.3) is 0 Å². The van der Waals surface area contributed by atoms with E-state index in [1.807, 2.05) is 0 Å². The van der Waals surface area contributed by atoms with E-state index in [1.165, 1.54) is 36.5 Å².